The van der Waals surface area contributed by atoms with Gasteiger partial charge in [-0.1, -0.05) is 0 Å². The number of aromatic nitrogens is 2. The van der Waals surface area contributed by atoms with E-state index >= 15 is 0 Å². The van der Waals surface area contributed by atoms with Crippen LogP contribution in [-0.4, -0.2) is 29.0 Å². The average Bonchev–Trinajstić information content (AvgIpc) is 2.43. The normalized spacial score (nSPS) is 10.8. The highest BCUT2D eigenvalue weighted by atomic mass is 19.1. The Balaban J connectivity index is 2.10. The van der Waals surface area contributed by atoms with Gasteiger partial charge in [-0.05, 0) is 7.05 Å². The van der Waals surface area contributed by atoms with E-state index in [9.17, 15) is 8.78 Å². The van der Waals surface area contributed by atoms with Crippen molar-refractivity contribution in [2.24, 2.45) is 0 Å². The summed E-state index contributed by atoms with van der Waals surface area (Å²) in [6.07, 6.45) is 4.78. The predicted octanol–water partition coefficient (Wildman–Crippen LogP) is 2.40. The maximum Gasteiger partial charge on any atom is 0.134 e. The van der Waals surface area contributed by atoms with Crippen molar-refractivity contribution in [1.82, 2.24) is 14.9 Å². The van der Waals surface area contributed by atoms with Crippen LogP contribution in [0.3, 0.4) is 0 Å². The SMILES string of the molecule is COc1cc(F)c(CN(C)Cc2cnccn2)c(F)c1. The molecule has 1 heterocycles. The molecule has 0 atom stereocenters. The lowest BCUT2D eigenvalue weighted by atomic mass is 10.1. The van der Waals surface area contributed by atoms with Crippen LogP contribution in [0.4, 0.5) is 8.78 Å². The highest BCUT2D eigenvalue weighted by Gasteiger charge is 2.14. The molecule has 0 bridgehead atoms. The minimum Gasteiger partial charge on any atom is -0.497 e. The van der Waals surface area contributed by atoms with Crippen LogP contribution in [0.1, 0.15) is 11.3 Å². The molecule has 0 saturated heterocycles. The van der Waals surface area contributed by atoms with E-state index in [1.807, 2.05) is 0 Å². The largest absolute Gasteiger partial charge is 0.497 e. The minimum absolute atomic E-state index is 0.0113. The lowest BCUT2D eigenvalue weighted by Crippen LogP contribution is -2.19. The fourth-order valence-corrected chi connectivity index (χ4v) is 1.86. The van der Waals surface area contributed by atoms with E-state index in [-0.39, 0.29) is 17.9 Å². The molecular weight excluding hydrogens is 264 g/mol. The molecule has 2 aromatic rings. The third-order valence-corrected chi connectivity index (χ3v) is 2.83. The first-order valence-electron chi connectivity index (χ1n) is 6.05. The number of rotatable bonds is 5. The fourth-order valence-electron chi connectivity index (χ4n) is 1.86. The van der Waals surface area contributed by atoms with Crippen molar-refractivity contribution in [2.75, 3.05) is 14.2 Å². The number of ether oxygens (including phenoxy) is 1. The lowest BCUT2D eigenvalue weighted by molar-refractivity contribution is 0.302. The van der Waals surface area contributed by atoms with Crippen LogP contribution < -0.4 is 4.74 Å². The molecule has 0 N–H and O–H groups in total. The molecule has 0 aliphatic carbocycles. The van der Waals surface area contributed by atoms with Gasteiger partial charge in [0, 0.05) is 49.4 Å². The van der Waals surface area contributed by atoms with Gasteiger partial charge in [-0.3, -0.25) is 14.9 Å². The second-order valence-corrected chi connectivity index (χ2v) is 4.44. The molecule has 106 valence electrons. The third-order valence-electron chi connectivity index (χ3n) is 2.83. The maximum absolute atomic E-state index is 13.8. The first kappa shape index (κ1) is 14.3. The van der Waals surface area contributed by atoms with Crippen molar-refractivity contribution >= 4 is 0 Å². The molecule has 0 spiro atoms. The summed E-state index contributed by atoms with van der Waals surface area (Å²) in [6.45, 7) is 0.594. The summed E-state index contributed by atoms with van der Waals surface area (Å²) in [4.78, 5) is 9.83. The Morgan fingerprint density at radius 2 is 1.85 bits per heavy atom. The molecule has 20 heavy (non-hydrogen) atoms. The first-order chi connectivity index (χ1) is 9.60. The standard InChI is InChI=1S/C14H15F2N3O/c1-19(8-10-7-17-3-4-18-10)9-12-13(15)5-11(20-2)6-14(12)16/h3-7H,8-9H2,1-2H3. The Labute approximate surface area is 116 Å². The van der Waals surface area contributed by atoms with Gasteiger partial charge < -0.3 is 4.74 Å². The minimum atomic E-state index is -0.618. The van der Waals surface area contributed by atoms with Gasteiger partial charge in [0.1, 0.15) is 17.4 Å². The predicted molar refractivity (Wildman–Crippen MR) is 70.1 cm³/mol. The summed E-state index contributed by atoms with van der Waals surface area (Å²) in [5.41, 5.74) is 0.751. The van der Waals surface area contributed by atoms with Crippen LogP contribution in [0.15, 0.2) is 30.7 Å². The van der Waals surface area contributed by atoms with Crippen LogP contribution in [0.5, 0.6) is 5.75 Å². The number of methoxy groups -OCH3 is 1. The van der Waals surface area contributed by atoms with E-state index < -0.39 is 11.6 Å². The van der Waals surface area contributed by atoms with Crippen molar-refractivity contribution in [1.29, 1.82) is 0 Å². The first-order valence-corrected chi connectivity index (χ1v) is 6.05. The van der Waals surface area contributed by atoms with Crippen molar-refractivity contribution in [2.45, 2.75) is 13.1 Å². The summed E-state index contributed by atoms with van der Waals surface area (Å²) >= 11 is 0. The average molecular weight is 279 g/mol. The van der Waals surface area contributed by atoms with Gasteiger partial charge in [0.15, 0.2) is 0 Å². The van der Waals surface area contributed by atoms with Gasteiger partial charge in [-0.15, -0.1) is 0 Å². The molecule has 0 radical (unpaired) electrons. The summed E-state index contributed by atoms with van der Waals surface area (Å²) in [6, 6.07) is 2.35. The Morgan fingerprint density at radius 3 is 2.40 bits per heavy atom. The summed E-state index contributed by atoms with van der Waals surface area (Å²) < 4.78 is 32.5. The Morgan fingerprint density at radius 1 is 1.15 bits per heavy atom. The summed E-state index contributed by atoms with van der Waals surface area (Å²) in [5.74, 6) is -1.07. The van der Waals surface area contributed by atoms with E-state index in [0.717, 1.165) is 5.69 Å². The Hall–Kier alpha value is -2.08. The molecule has 2 rings (SSSR count). The Bertz CT molecular complexity index is 555. The van der Waals surface area contributed by atoms with Crippen molar-refractivity contribution < 1.29 is 13.5 Å². The fraction of sp³-hybridized carbons (Fsp3) is 0.286. The summed E-state index contributed by atoms with van der Waals surface area (Å²) in [7, 11) is 3.13. The lowest BCUT2D eigenvalue weighted by Gasteiger charge is -2.17. The van der Waals surface area contributed by atoms with E-state index in [1.165, 1.54) is 19.2 Å². The quantitative estimate of drug-likeness (QED) is 0.842. The van der Waals surface area contributed by atoms with E-state index in [4.69, 9.17) is 4.74 Å². The van der Waals surface area contributed by atoms with Gasteiger partial charge in [-0.2, -0.15) is 0 Å². The molecule has 0 saturated carbocycles. The van der Waals surface area contributed by atoms with Crippen molar-refractivity contribution in [3.63, 3.8) is 0 Å². The van der Waals surface area contributed by atoms with Crippen LogP contribution in [0.25, 0.3) is 0 Å². The van der Waals surface area contributed by atoms with Crippen LogP contribution >= 0.6 is 0 Å². The molecule has 0 fully saturated rings. The molecule has 1 aromatic heterocycles. The highest BCUT2D eigenvalue weighted by Crippen LogP contribution is 2.21. The van der Waals surface area contributed by atoms with Gasteiger partial charge in [0.25, 0.3) is 0 Å². The van der Waals surface area contributed by atoms with Gasteiger partial charge in [-0.25, -0.2) is 8.78 Å². The second kappa shape index (κ2) is 6.38. The molecule has 0 aliphatic heterocycles. The molecule has 0 aliphatic rings. The van der Waals surface area contributed by atoms with Gasteiger partial charge in [0.05, 0.1) is 12.8 Å². The zero-order chi connectivity index (χ0) is 14.5. The van der Waals surface area contributed by atoms with E-state index in [1.54, 1.807) is 30.5 Å². The topological polar surface area (TPSA) is 38.2 Å². The maximum atomic E-state index is 13.8. The van der Waals surface area contributed by atoms with E-state index in [2.05, 4.69) is 9.97 Å². The smallest absolute Gasteiger partial charge is 0.134 e. The second-order valence-electron chi connectivity index (χ2n) is 4.44. The number of benzene rings is 1. The number of hydrogen-bond acceptors (Lipinski definition) is 4. The zero-order valence-corrected chi connectivity index (χ0v) is 11.3. The molecule has 1 aromatic carbocycles. The van der Waals surface area contributed by atoms with Crippen molar-refractivity contribution in [3.8, 4) is 5.75 Å². The molecule has 0 amide bonds. The zero-order valence-electron chi connectivity index (χ0n) is 11.3. The van der Waals surface area contributed by atoms with Crippen molar-refractivity contribution in [3.05, 3.63) is 53.6 Å². The Kier molecular flexibility index (Phi) is 4.57. The highest BCUT2D eigenvalue weighted by molar-refractivity contribution is 5.30. The van der Waals surface area contributed by atoms with Crippen LogP contribution in [0.2, 0.25) is 0 Å². The van der Waals surface area contributed by atoms with Gasteiger partial charge in [0.2, 0.25) is 0 Å². The van der Waals surface area contributed by atoms with Crippen LogP contribution in [0, 0.1) is 11.6 Å². The monoisotopic (exact) mass is 279 g/mol. The van der Waals surface area contributed by atoms with E-state index in [0.29, 0.717) is 6.54 Å². The summed E-state index contributed by atoms with van der Waals surface area (Å²) in [5, 5.41) is 0. The number of nitrogens with zero attached hydrogens (tertiary/aromatic N) is 3. The molecular formula is C14H15F2N3O. The van der Waals surface area contributed by atoms with Crippen LogP contribution in [-0.2, 0) is 13.1 Å². The van der Waals surface area contributed by atoms with Gasteiger partial charge >= 0.3 is 0 Å². The number of hydrogen-bond donors (Lipinski definition) is 0. The molecule has 6 heteroatoms. The molecule has 4 nitrogen and oxygen atoms in total. The molecule has 0 unspecified atom stereocenters. The number of halogens is 2. The third kappa shape index (κ3) is 3.48.